The first kappa shape index (κ1) is 21.5. The summed E-state index contributed by atoms with van der Waals surface area (Å²) in [6.07, 6.45) is 4.41. The van der Waals surface area contributed by atoms with Gasteiger partial charge in [-0.2, -0.15) is 15.0 Å². The minimum atomic E-state index is -0.594. The van der Waals surface area contributed by atoms with E-state index in [1.165, 1.54) is 17.1 Å². The van der Waals surface area contributed by atoms with E-state index in [1.807, 2.05) is 0 Å². The van der Waals surface area contributed by atoms with E-state index >= 15 is 0 Å². The van der Waals surface area contributed by atoms with Crippen LogP contribution in [0.1, 0.15) is 22.8 Å². The van der Waals surface area contributed by atoms with Crippen molar-refractivity contribution < 1.29 is 14.3 Å². The summed E-state index contributed by atoms with van der Waals surface area (Å²) in [4.78, 5) is 25.7. The molecule has 10 heteroatoms. The van der Waals surface area contributed by atoms with Gasteiger partial charge in [0.2, 0.25) is 0 Å². The molecule has 0 spiro atoms. The first-order valence-electron chi connectivity index (χ1n) is 9.99. The Balaban J connectivity index is 1.81. The number of nitrogens with zero attached hydrogens (tertiary/aromatic N) is 6. The normalized spacial score (nSPS) is 10.3. The standard InChI is InChI=1S/C23H19N7O3/c1-3-33-23(31)18-14-26-20(15-7-9-17(32-2)10-8-15)28-21(18)29-22-16(12-24)13-27-30(22)19-6-4-5-11-25-19/h4-11,13-14H,3H2,1-2H3,(H,26,28,29). The van der Waals surface area contributed by atoms with Crippen molar-refractivity contribution in [3.05, 3.63) is 72.2 Å². The number of nitrogens with one attached hydrogen (secondary N) is 1. The largest absolute Gasteiger partial charge is 0.497 e. The molecule has 0 aliphatic carbocycles. The number of rotatable bonds is 7. The Morgan fingerprint density at radius 2 is 1.97 bits per heavy atom. The Morgan fingerprint density at radius 3 is 2.64 bits per heavy atom. The molecule has 164 valence electrons. The van der Waals surface area contributed by atoms with Crippen LogP contribution in [0.3, 0.4) is 0 Å². The number of pyridine rings is 1. The number of ether oxygens (including phenoxy) is 2. The Labute approximate surface area is 189 Å². The molecule has 33 heavy (non-hydrogen) atoms. The fraction of sp³-hybridized carbons (Fsp3) is 0.130. The van der Waals surface area contributed by atoms with Crippen LogP contribution in [0.5, 0.6) is 5.75 Å². The van der Waals surface area contributed by atoms with Crippen LogP contribution in [0, 0.1) is 11.3 Å². The molecule has 0 bridgehead atoms. The van der Waals surface area contributed by atoms with Crippen LogP contribution in [-0.4, -0.2) is 44.4 Å². The van der Waals surface area contributed by atoms with E-state index < -0.39 is 5.97 Å². The van der Waals surface area contributed by atoms with Gasteiger partial charge in [0.15, 0.2) is 17.5 Å². The summed E-state index contributed by atoms with van der Waals surface area (Å²) in [6.45, 7) is 1.90. The van der Waals surface area contributed by atoms with Crippen LogP contribution in [0.15, 0.2) is 61.1 Å². The van der Waals surface area contributed by atoms with Crippen molar-refractivity contribution in [3.8, 4) is 29.0 Å². The van der Waals surface area contributed by atoms with Gasteiger partial charge in [0.05, 0.1) is 19.9 Å². The second-order valence-corrected chi connectivity index (χ2v) is 6.65. The molecule has 0 amide bonds. The first-order chi connectivity index (χ1) is 16.1. The zero-order valence-electron chi connectivity index (χ0n) is 17.9. The number of carbonyl (C=O) groups is 1. The number of benzene rings is 1. The van der Waals surface area contributed by atoms with E-state index in [0.717, 1.165) is 0 Å². The predicted molar refractivity (Wildman–Crippen MR) is 119 cm³/mol. The quantitative estimate of drug-likeness (QED) is 0.428. The van der Waals surface area contributed by atoms with Crippen LogP contribution >= 0.6 is 0 Å². The van der Waals surface area contributed by atoms with E-state index in [4.69, 9.17) is 9.47 Å². The molecule has 4 rings (SSSR count). The van der Waals surface area contributed by atoms with E-state index in [-0.39, 0.29) is 23.6 Å². The van der Waals surface area contributed by atoms with E-state index in [2.05, 4.69) is 31.4 Å². The molecular weight excluding hydrogens is 422 g/mol. The maximum absolute atomic E-state index is 12.6. The molecule has 4 aromatic rings. The van der Waals surface area contributed by atoms with Crippen LogP contribution in [0.2, 0.25) is 0 Å². The average molecular weight is 441 g/mol. The summed E-state index contributed by atoms with van der Waals surface area (Å²) < 4.78 is 11.8. The van der Waals surface area contributed by atoms with Crippen molar-refractivity contribution in [1.29, 1.82) is 5.26 Å². The maximum atomic E-state index is 12.6. The molecular formula is C23H19N7O3. The lowest BCUT2D eigenvalue weighted by molar-refractivity contribution is 0.0526. The Hall–Kier alpha value is -4.78. The zero-order chi connectivity index (χ0) is 23.2. The Bertz CT molecular complexity index is 1310. The molecule has 0 saturated heterocycles. The van der Waals surface area contributed by atoms with Gasteiger partial charge in [0.25, 0.3) is 0 Å². The molecule has 0 fully saturated rings. The van der Waals surface area contributed by atoms with Crippen LogP contribution < -0.4 is 10.1 Å². The lowest BCUT2D eigenvalue weighted by Gasteiger charge is -2.13. The van der Waals surface area contributed by atoms with Gasteiger partial charge in [0.1, 0.15) is 28.8 Å². The summed E-state index contributed by atoms with van der Waals surface area (Å²) in [6, 6.07) is 14.6. The minimum Gasteiger partial charge on any atom is -0.497 e. The molecule has 0 aliphatic heterocycles. The third kappa shape index (κ3) is 4.47. The van der Waals surface area contributed by atoms with Gasteiger partial charge >= 0.3 is 5.97 Å². The van der Waals surface area contributed by atoms with E-state index in [1.54, 1.807) is 62.7 Å². The number of nitriles is 1. The molecule has 1 aromatic carbocycles. The van der Waals surface area contributed by atoms with Crippen LogP contribution in [0.4, 0.5) is 11.6 Å². The zero-order valence-corrected chi connectivity index (χ0v) is 17.9. The summed E-state index contributed by atoms with van der Waals surface area (Å²) >= 11 is 0. The summed E-state index contributed by atoms with van der Waals surface area (Å²) in [5, 5.41) is 16.9. The first-order valence-corrected chi connectivity index (χ1v) is 9.99. The van der Waals surface area contributed by atoms with Crippen molar-refractivity contribution in [1.82, 2.24) is 24.7 Å². The summed E-state index contributed by atoms with van der Waals surface area (Å²) in [7, 11) is 1.58. The minimum absolute atomic E-state index is 0.117. The molecule has 3 heterocycles. The lowest BCUT2D eigenvalue weighted by atomic mass is 10.2. The predicted octanol–water partition coefficient (Wildman–Crippen LogP) is 3.52. The summed E-state index contributed by atoms with van der Waals surface area (Å²) in [5.41, 5.74) is 1.08. The smallest absolute Gasteiger partial charge is 0.343 e. The van der Waals surface area contributed by atoms with Crippen molar-refractivity contribution >= 4 is 17.6 Å². The van der Waals surface area contributed by atoms with Crippen LogP contribution in [0.25, 0.3) is 17.2 Å². The average Bonchev–Trinajstić information content (AvgIpc) is 3.27. The van der Waals surface area contributed by atoms with Gasteiger partial charge in [-0.1, -0.05) is 6.07 Å². The number of hydrogen-bond donors (Lipinski definition) is 1. The molecule has 0 saturated carbocycles. The molecule has 10 nitrogen and oxygen atoms in total. The van der Waals surface area contributed by atoms with Crippen molar-refractivity contribution in [2.45, 2.75) is 6.92 Å². The van der Waals surface area contributed by atoms with Crippen molar-refractivity contribution in [3.63, 3.8) is 0 Å². The highest BCUT2D eigenvalue weighted by atomic mass is 16.5. The highest BCUT2D eigenvalue weighted by Gasteiger charge is 2.21. The van der Waals surface area contributed by atoms with Crippen molar-refractivity contribution in [2.75, 3.05) is 19.0 Å². The molecule has 1 N–H and O–H groups in total. The highest BCUT2D eigenvalue weighted by Crippen LogP contribution is 2.27. The number of hydrogen-bond acceptors (Lipinski definition) is 9. The van der Waals surface area contributed by atoms with Gasteiger partial charge in [-0.15, -0.1) is 0 Å². The van der Waals surface area contributed by atoms with E-state index in [0.29, 0.717) is 28.8 Å². The highest BCUT2D eigenvalue weighted by molar-refractivity contribution is 5.95. The fourth-order valence-corrected chi connectivity index (χ4v) is 3.03. The third-order valence-electron chi connectivity index (χ3n) is 4.63. The second-order valence-electron chi connectivity index (χ2n) is 6.65. The van der Waals surface area contributed by atoms with Gasteiger partial charge in [-0.05, 0) is 43.3 Å². The van der Waals surface area contributed by atoms with Crippen molar-refractivity contribution in [2.24, 2.45) is 0 Å². The number of esters is 1. The molecule has 0 atom stereocenters. The van der Waals surface area contributed by atoms with Gasteiger partial charge in [0, 0.05) is 18.0 Å². The van der Waals surface area contributed by atoms with Gasteiger partial charge < -0.3 is 14.8 Å². The topological polar surface area (TPSA) is 128 Å². The molecule has 0 aliphatic rings. The Kier molecular flexibility index (Phi) is 6.22. The van der Waals surface area contributed by atoms with Gasteiger partial charge in [-0.25, -0.2) is 19.7 Å². The Morgan fingerprint density at radius 1 is 1.15 bits per heavy atom. The molecule has 0 unspecified atom stereocenters. The maximum Gasteiger partial charge on any atom is 0.343 e. The number of carbonyl (C=O) groups excluding carboxylic acids is 1. The number of anilines is 2. The monoisotopic (exact) mass is 441 g/mol. The molecule has 3 aromatic heterocycles. The SMILES string of the molecule is CCOC(=O)c1cnc(-c2ccc(OC)cc2)nc1Nc1c(C#N)cnn1-c1ccccn1. The fourth-order valence-electron chi connectivity index (χ4n) is 3.03. The number of methoxy groups -OCH3 is 1. The van der Waals surface area contributed by atoms with Gasteiger partial charge in [-0.3, -0.25) is 0 Å². The third-order valence-corrected chi connectivity index (χ3v) is 4.63. The summed E-state index contributed by atoms with van der Waals surface area (Å²) in [5.74, 6) is 1.44. The molecule has 0 radical (unpaired) electrons. The lowest BCUT2D eigenvalue weighted by Crippen LogP contribution is -2.13. The van der Waals surface area contributed by atoms with E-state index in [9.17, 15) is 10.1 Å². The van der Waals surface area contributed by atoms with Crippen LogP contribution in [-0.2, 0) is 4.74 Å². The number of aromatic nitrogens is 5. The second kappa shape index (κ2) is 9.57.